The molecule has 0 bridgehead atoms. The summed E-state index contributed by atoms with van der Waals surface area (Å²) in [6.07, 6.45) is 0.852. The van der Waals surface area contributed by atoms with Crippen LogP contribution < -0.4 is 5.73 Å². The van der Waals surface area contributed by atoms with E-state index < -0.39 is 28.9 Å². The summed E-state index contributed by atoms with van der Waals surface area (Å²) in [5.74, 6) is -8.57. The Balaban J connectivity index is 2.35. The fourth-order valence-corrected chi connectivity index (χ4v) is 4.35. The van der Waals surface area contributed by atoms with E-state index >= 15 is 0 Å². The lowest BCUT2D eigenvalue weighted by Crippen LogP contribution is -2.35. The van der Waals surface area contributed by atoms with Gasteiger partial charge in [-0.3, -0.25) is 0 Å². The van der Waals surface area contributed by atoms with Crippen LogP contribution in [0.15, 0.2) is 47.4 Å². The van der Waals surface area contributed by atoms with E-state index in [0.717, 1.165) is 24.3 Å². The van der Waals surface area contributed by atoms with Gasteiger partial charge in [-0.05, 0) is 29.4 Å². The summed E-state index contributed by atoms with van der Waals surface area (Å²) in [4.78, 5) is 0.599. The molecule has 25 heavy (non-hydrogen) atoms. The first kappa shape index (κ1) is 18.3. The fourth-order valence-electron chi connectivity index (χ4n) is 3.34. The molecule has 0 saturated heterocycles. The fraction of sp³-hybridized carbons (Fsp3) is 0.368. The number of hydrogen-bond acceptors (Lipinski definition) is 2. The molecular formula is C19H19F4NS. The second-order valence-electron chi connectivity index (χ2n) is 6.09. The van der Waals surface area contributed by atoms with E-state index in [9.17, 15) is 17.6 Å². The molecule has 2 N–H and O–H groups in total. The van der Waals surface area contributed by atoms with Gasteiger partial charge >= 0.3 is 11.8 Å². The highest BCUT2D eigenvalue weighted by Crippen LogP contribution is 2.57. The lowest BCUT2D eigenvalue weighted by Gasteiger charge is -2.27. The second kappa shape index (κ2) is 6.65. The van der Waals surface area contributed by atoms with Crippen LogP contribution in [0.2, 0.25) is 0 Å². The SMILES string of the molecule is CCCSc1cccc2c1C(CN)c1ccccc1C(F)(F)C2(F)F. The largest absolute Gasteiger partial charge is 0.340 e. The number of halogens is 4. The Morgan fingerprint density at radius 2 is 1.60 bits per heavy atom. The Morgan fingerprint density at radius 3 is 2.28 bits per heavy atom. The maximum Gasteiger partial charge on any atom is 0.340 e. The zero-order valence-corrected chi connectivity index (χ0v) is 14.6. The molecule has 0 spiro atoms. The van der Waals surface area contributed by atoms with Crippen molar-refractivity contribution < 1.29 is 17.6 Å². The summed E-state index contributed by atoms with van der Waals surface area (Å²) in [5, 5.41) is 0. The topological polar surface area (TPSA) is 26.0 Å². The number of benzene rings is 2. The smallest absolute Gasteiger partial charge is 0.330 e. The Labute approximate surface area is 148 Å². The van der Waals surface area contributed by atoms with Gasteiger partial charge in [-0.25, -0.2) is 0 Å². The maximum absolute atomic E-state index is 14.9. The molecule has 0 saturated carbocycles. The van der Waals surface area contributed by atoms with Crippen LogP contribution in [0.4, 0.5) is 17.6 Å². The summed E-state index contributed by atoms with van der Waals surface area (Å²) in [6.45, 7) is 1.97. The molecule has 1 aliphatic rings. The number of hydrogen-bond donors (Lipinski definition) is 1. The molecule has 0 aromatic heterocycles. The van der Waals surface area contributed by atoms with Gasteiger partial charge in [-0.1, -0.05) is 43.3 Å². The molecule has 1 unspecified atom stereocenters. The first-order valence-electron chi connectivity index (χ1n) is 8.17. The van der Waals surface area contributed by atoms with Crippen molar-refractivity contribution in [2.24, 2.45) is 5.73 Å². The van der Waals surface area contributed by atoms with Gasteiger partial charge in [0.2, 0.25) is 0 Å². The molecule has 134 valence electrons. The highest BCUT2D eigenvalue weighted by molar-refractivity contribution is 7.99. The number of alkyl halides is 4. The van der Waals surface area contributed by atoms with Gasteiger partial charge in [-0.15, -0.1) is 11.8 Å². The zero-order valence-electron chi connectivity index (χ0n) is 13.7. The van der Waals surface area contributed by atoms with Gasteiger partial charge in [0.25, 0.3) is 0 Å². The summed E-state index contributed by atoms with van der Waals surface area (Å²) in [5.41, 5.74) is 5.03. The van der Waals surface area contributed by atoms with E-state index in [1.807, 2.05) is 6.92 Å². The Kier molecular flexibility index (Phi) is 4.86. The molecule has 0 radical (unpaired) electrons. The van der Waals surface area contributed by atoms with Crippen molar-refractivity contribution in [2.45, 2.75) is 36.0 Å². The normalized spacial score (nSPS) is 20.5. The summed E-state index contributed by atoms with van der Waals surface area (Å²) in [7, 11) is 0. The molecule has 1 nitrogen and oxygen atoms in total. The van der Waals surface area contributed by atoms with Crippen molar-refractivity contribution >= 4 is 11.8 Å². The van der Waals surface area contributed by atoms with Crippen LogP contribution >= 0.6 is 11.8 Å². The molecule has 1 aliphatic carbocycles. The molecular weight excluding hydrogens is 350 g/mol. The summed E-state index contributed by atoms with van der Waals surface area (Å²) >= 11 is 1.41. The first-order valence-corrected chi connectivity index (χ1v) is 9.16. The summed E-state index contributed by atoms with van der Waals surface area (Å²) in [6, 6.07) is 9.74. The van der Waals surface area contributed by atoms with E-state index in [-0.39, 0.29) is 17.7 Å². The lowest BCUT2D eigenvalue weighted by atomic mass is 9.88. The minimum absolute atomic E-state index is 0.0140. The van der Waals surface area contributed by atoms with E-state index in [2.05, 4.69) is 0 Å². The van der Waals surface area contributed by atoms with Gasteiger partial charge in [-0.2, -0.15) is 17.6 Å². The third-order valence-corrected chi connectivity index (χ3v) is 5.80. The van der Waals surface area contributed by atoms with Crippen molar-refractivity contribution in [1.82, 2.24) is 0 Å². The molecule has 0 amide bonds. The van der Waals surface area contributed by atoms with E-state index in [0.29, 0.717) is 4.90 Å². The van der Waals surface area contributed by atoms with Gasteiger partial charge in [0.05, 0.1) is 0 Å². The monoisotopic (exact) mass is 369 g/mol. The highest BCUT2D eigenvalue weighted by atomic mass is 32.2. The molecule has 0 aliphatic heterocycles. The minimum Gasteiger partial charge on any atom is -0.330 e. The van der Waals surface area contributed by atoms with Crippen LogP contribution in [0.1, 0.15) is 41.5 Å². The van der Waals surface area contributed by atoms with Crippen LogP contribution in [0.25, 0.3) is 0 Å². The predicted octanol–water partition coefficient (Wildman–Crippen LogP) is 5.48. The van der Waals surface area contributed by atoms with Crippen LogP contribution in [0, 0.1) is 0 Å². The maximum atomic E-state index is 14.9. The lowest BCUT2D eigenvalue weighted by molar-refractivity contribution is -0.223. The average molecular weight is 369 g/mol. The van der Waals surface area contributed by atoms with Crippen molar-refractivity contribution in [2.75, 3.05) is 12.3 Å². The highest BCUT2D eigenvalue weighted by Gasteiger charge is 2.62. The first-order chi connectivity index (χ1) is 11.9. The third-order valence-electron chi connectivity index (χ3n) is 4.52. The Hall–Kier alpha value is -1.53. The zero-order chi connectivity index (χ0) is 18.2. The van der Waals surface area contributed by atoms with Gasteiger partial charge in [0.1, 0.15) is 0 Å². The van der Waals surface area contributed by atoms with Crippen molar-refractivity contribution in [3.8, 4) is 0 Å². The van der Waals surface area contributed by atoms with Crippen LogP contribution in [0.3, 0.4) is 0 Å². The summed E-state index contributed by atoms with van der Waals surface area (Å²) < 4.78 is 59.5. The second-order valence-corrected chi connectivity index (χ2v) is 7.23. The van der Waals surface area contributed by atoms with Gasteiger partial charge in [0, 0.05) is 28.5 Å². The predicted molar refractivity (Wildman–Crippen MR) is 92.6 cm³/mol. The average Bonchev–Trinajstić information content (AvgIpc) is 2.66. The standard InChI is InChI=1S/C19H19F4NS/c1-2-10-25-16-9-5-8-15-17(16)13(11-24)12-6-3-4-7-14(12)18(20,21)19(15,22)23/h3-9,13H,2,10-11,24H2,1H3. The Morgan fingerprint density at radius 1 is 0.960 bits per heavy atom. The third kappa shape index (κ3) is 2.75. The van der Waals surface area contributed by atoms with E-state index in [1.165, 1.54) is 30.0 Å². The minimum atomic E-state index is -4.30. The van der Waals surface area contributed by atoms with Crippen LogP contribution in [0.5, 0.6) is 0 Å². The molecule has 1 atom stereocenters. The molecule has 3 rings (SSSR count). The molecule has 6 heteroatoms. The molecule has 0 heterocycles. The van der Waals surface area contributed by atoms with E-state index in [4.69, 9.17) is 5.73 Å². The van der Waals surface area contributed by atoms with Crippen molar-refractivity contribution in [3.63, 3.8) is 0 Å². The molecule has 2 aromatic carbocycles. The van der Waals surface area contributed by atoms with Crippen LogP contribution in [-0.2, 0) is 11.8 Å². The quantitative estimate of drug-likeness (QED) is 0.571. The van der Waals surface area contributed by atoms with Gasteiger partial charge in [0.15, 0.2) is 0 Å². The van der Waals surface area contributed by atoms with Gasteiger partial charge < -0.3 is 5.73 Å². The van der Waals surface area contributed by atoms with E-state index in [1.54, 1.807) is 12.1 Å². The number of nitrogens with two attached hydrogens (primary N) is 1. The van der Waals surface area contributed by atoms with Crippen LogP contribution in [-0.4, -0.2) is 12.3 Å². The number of thioether (sulfide) groups is 1. The molecule has 2 aromatic rings. The number of rotatable bonds is 4. The Bertz CT molecular complexity index is 776. The molecule has 0 fully saturated rings. The van der Waals surface area contributed by atoms with Crippen molar-refractivity contribution in [3.05, 3.63) is 64.7 Å². The number of fused-ring (bicyclic) bond motifs is 2. The van der Waals surface area contributed by atoms with Crippen molar-refractivity contribution in [1.29, 1.82) is 0 Å².